The van der Waals surface area contributed by atoms with Crippen molar-refractivity contribution in [2.75, 3.05) is 0 Å². The van der Waals surface area contributed by atoms with E-state index in [9.17, 15) is 9.59 Å². The summed E-state index contributed by atoms with van der Waals surface area (Å²) < 4.78 is 5.13. The molecule has 0 aliphatic heterocycles. The first kappa shape index (κ1) is 17.2. The quantitative estimate of drug-likeness (QED) is 0.835. The van der Waals surface area contributed by atoms with Gasteiger partial charge in [0.1, 0.15) is 12.4 Å². The van der Waals surface area contributed by atoms with Crippen molar-refractivity contribution in [3.8, 4) is 0 Å². The molecular formula is C17H25NO3. The maximum Gasteiger partial charge on any atom is 0.407 e. The molecule has 116 valence electrons. The lowest BCUT2D eigenvalue weighted by Gasteiger charge is -2.18. The molecule has 21 heavy (non-hydrogen) atoms. The molecule has 0 spiro atoms. The molecule has 4 nitrogen and oxygen atoms in total. The molecule has 1 amide bonds. The Kier molecular flexibility index (Phi) is 6.92. The minimum Gasteiger partial charge on any atom is -0.445 e. The number of carbonyl (C=O) groups excluding carboxylic acids is 2. The molecule has 1 aromatic rings. The average molecular weight is 291 g/mol. The third-order valence-corrected chi connectivity index (χ3v) is 3.59. The van der Waals surface area contributed by atoms with Gasteiger partial charge in [-0.15, -0.1) is 0 Å². The van der Waals surface area contributed by atoms with E-state index in [1.54, 1.807) is 0 Å². The Balaban J connectivity index is 2.32. The highest BCUT2D eigenvalue weighted by atomic mass is 16.5. The largest absolute Gasteiger partial charge is 0.445 e. The van der Waals surface area contributed by atoms with Crippen LogP contribution in [0.4, 0.5) is 4.79 Å². The van der Waals surface area contributed by atoms with Crippen molar-refractivity contribution in [2.24, 2.45) is 11.8 Å². The zero-order chi connectivity index (χ0) is 15.8. The number of rotatable bonds is 7. The summed E-state index contributed by atoms with van der Waals surface area (Å²) in [6.45, 7) is 8.02. The summed E-state index contributed by atoms with van der Waals surface area (Å²) in [6, 6.07) is 9.26. The molecule has 4 heteroatoms. The van der Waals surface area contributed by atoms with Crippen molar-refractivity contribution >= 4 is 11.9 Å². The third-order valence-electron chi connectivity index (χ3n) is 3.59. The molecule has 1 aromatic carbocycles. The van der Waals surface area contributed by atoms with E-state index >= 15 is 0 Å². The lowest BCUT2D eigenvalue weighted by Crippen LogP contribution is -2.36. The van der Waals surface area contributed by atoms with E-state index in [0.717, 1.165) is 5.56 Å². The van der Waals surface area contributed by atoms with Gasteiger partial charge in [-0.1, -0.05) is 51.1 Å². The number of ketones is 1. The Hall–Kier alpha value is -1.84. The van der Waals surface area contributed by atoms with Gasteiger partial charge in [0.15, 0.2) is 0 Å². The van der Waals surface area contributed by atoms with Gasteiger partial charge in [-0.25, -0.2) is 4.79 Å². The lowest BCUT2D eigenvalue weighted by atomic mass is 9.90. The summed E-state index contributed by atoms with van der Waals surface area (Å²) in [4.78, 5) is 23.6. The van der Waals surface area contributed by atoms with Gasteiger partial charge in [-0.05, 0) is 18.4 Å². The van der Waals surface area contributed by atoms with Crippen LogP contribution in [-0.2, 0) is 16.1 Å². The van der Waals surface area contributed by atoms with E-state index in [2.05, 4.69) is 5.32 Å². The van der Waals surface area contributed by atoms with E-state index in [1.165, 1.54) is 0 Å². The normalized spacial score (nSPS) is 13.6. The number of ether oxygens (including phenoxy) is 1. The molecule has 1 N–H and O–H groups in total. The molecule has 0 aromatic heterocycles. The molecule has 0 fully saturated rings. The van der Waals surface area contributed by atoms with Crippen LogP contribution in [0.1, 0.15) is 39.7 Å². The molecule has 0 radical (unpaired) electrons. The maximum atomic E-state index is 12.0. The number of hydrogen-bond donors (Lipinski definition) is 1. The van der Waals surface area contributed by atoms with Gasteiger partial charge in [0.25, 0.3) is 0 Å². The Morgan fingerprint density at radius 3 is 2.29 bits per heavy atom. The van der Waals surface area contributed by atoms with Gasteiger partial charge in [0, 0.05) is 18.4 Å². The van der Waals surface area contributed by atoms with Crippen molar-refractivity contribution in [2.45, 2.75) is 46.8 Å². The minimum absolute atomic E-state index is 0.00888. The molecule has 0 heterocycles. The van der Waals surface area contributed by atoms with E-state index in [1.807, 2.05) is 58.0 Å². The Bertz CT molecular complexity index is 456. The summed E-state index contributed by atoms with van der Waals surface area (Å²) >= 11 is 0. The van der Waals surface area contributed by atoms with Crippen molar-refractivity contribution in [3.63, 3.8) is 0 Å². The fourth-order valence-corrected chi connectivity index (χ4v) is 1.88. The summed E-state index contributed by atoms with van der Waals surface area (Å²) in [7, 11) is 0. The molecule has 0 aliphatic carbocycles. The second-order valence-corrected chi connectivity index (χ2v) is 5.81. The summed E-state index contributed by atoms with van der Waals surface area (Å²) in [5.41, 5.74) is 0.935. The number of hydrogen-bond acceptors (Lipinski definition) is 3. The van der Waals surface area contributed by atoms with E-state index < -0.39 is 6.09 Å². The minimum atomic E-state index is -0.489. The predicted octanol–water partition coefficient (Wildman–Crippen LogP) is 3.55. The Morgan fingerprint density at radius 1 is 1.10 bits per heavy atom. The van der Waals surface area contributed by atoms with Gasteiger partial charge in [-0.3, -0.25) is 4.79 Å². The summed E-state index contributed by atoms with van der Waals surface area (Å²) in [5, 5.41) is 2.69. The van der Waals surface area contributed by atoms with Crippen LogP contribution in [0.25, 0.3) is 0 Å². The highest BCUT2D eigenvalue weighted by molar-refractivity contribution is 5.82. The van der Waals surface area contributed by atoms with E-state index in [0.29, 0.717) is 12.3 Å². The number of Topliss-reactive ketones (excluding diaryl/α,β-unsaturated/α-hetero) is 1. The van der Waals surface area contributed by atoms with Crippen LogP contribution in [0.15, 0.2) is 30.3 Å². The second-order valence-electron chi connectivity index (χ2n) is 5.81. The number of benzene rings is 1. The lowest BCUT2D eigenvalue weighted by molar-refractivity contribution is -0.123. The van der Waals surface area contributed by atoms with Gasteiger partial charge in [0.05, 0.1) is 0 Å². The number of carbonyl (C=O) groups is 2. The highest BCUT2D eigenvalue weighted by Crippen LogP contribution is 2.13. The molecule has 2 atom stereocenters. The van der Waals surface area contributed by atoms with Crippen LogP contribution in [0.3, 0.4) is 0 Å². The van der Waals surface area contributed by atoms with E-state index in [-0.39, 0.29) is 24.3 Å². The second kappa shape index (κ2) is 8.45. The highest BCUT2D eigenvalue weighted by Gasteiger charge is 2.20. The first-order valence-corrected chi connectivity index (χ1v) is 7.40. The molecular weight excluding hydrogens is 266 g/mol. The molecule has 1 rings (SSSR count). The summed E-state index contributed by atoms with van der Waals surface area (Å²) in [6.07, 6.45) is -0.156. The van der Waals surface area contributed by atoms with Crippen molar-refractivity contribution in [1.82, 2.24) is 5.32 Å². The SMILES string of the molecule is CC(CC(=O)[C@@H](C)C(C)C)NC(=O)OCc1ccccc1. The molecule has 1 unspecified atom stereocenters. The van der Waals surface area contributed by atoms with E-state index in [4.69, 9.17) is 4.74 Å². The van der Waals surface area contributed by atoms with Gasteiger partial charge >= 0.3 is 6.09 Å². The first-order valence-electron chi connectivity index (χ1n) is 7.40. The van der Waals surface area contributed by atoms with Crippen molar-refractivity contribution < 1.29 is 14.3 Å². The zero-order valence-corrected chi connectivity index (χ0v) is 13.3. The van der Waals surface area contributed by atoms with Crippen LogP contribution in [0.2, 0.25) is 0 Å². The van der Waals surface area contributed by atoms with Crippen LogP contribution < -0.4 is 5.32 Å². The standard InChI is InChI=1S/C17H25NO3/c1-12(2)14(4)16(19)10-13(3)18-17(20)21-11-15-8-6-5-7-9-15/h5-9,12-14H,10-11H2,1-4H3,(H,18,20)/t13?,14-/m0/s1. The molecule has 0 aliphatic rings. The van der Waals surface area contributed by atoms with Gasteiger partial charge < -0.3 is 10.1 Å². The topological polar surface area (TPSA) is 55.4 Å². The van der Waals surface area contributed by atoms with Crippen LogP contribution in [0, 0.1) is 11.8 Å². The Labute approximate surface area is 126 Å². The maximum absolute atomic E-state index is 12.0. The molecule has 0 saturated heterocycles. The number of nitrogens with one attached hydrogen (secondary N) is 1. The van der Waals surface area contributed by atoms with Crippen molar-refractivity contribution in [1.29, 1.82) is 0 Å². The summed E-state index contributed by atoms with van der Waals surface area (Å²) in [5.74, 6) is 0.491. The average Bonchev–Trinajstić information content (AvgIpc) is 2.45. The number of amides is 1. The van der Waals surface area contributed by atoms with Crippen LogP contribution in [0.5, 0.6) is 0 Å². The predicted molar refractivity (Wildman–Crippen MR) is 82.9 cm³/mol. The van der Waals surface area contributed by atoms with Crippen molar-refractivity contribution in [3.05, 3.63) is 35.9 Å². The van der Waals surface area contributed by atoms with Crippen LogP contribution in [-0.4, -0.2) is 17.9 Å². The zero-order valence-electron chi connectivity index (χ0n) is 13.3. The van der Waals surface area contributed by atoms with Gasteiger partial charge in [-0.2, -0.15) is 0 Å². The van der Waals surface area contributed by atoms with Crippen LogP contribution >= 0.6 is 0 Å². The Morgan fingerprint density at radius 2 is 1.71 bits per heavy atom. The monoisotopic (exact) mass is 291 g/mol. The fourth-order valence-electron chi connectivity index (χ4n) is 1.88. The third kappa shape index (κ3) is 6.43. The smallest absolute Gasteiger partial charge is 0.407 e. The molecule has 0 bridgehead atoms. The number of alkyl carbamates (subject to hydrolysis) is 1. The van der Waals surface area contributed by atoms with Gasteiger partial charge in [0.2, 0.25) is 0 Å². The fraction of sp³-hybridized carbons (Fsp3) is 0.529. The first-order chi connectivity index (χ1) is 9.90. The molecule has 0 saturated carbocycles.